The molecule has 1 aromatic heterocycles. The van der Waals surface area contributed by atoms with Crippen molar-refractivity contribution >= 4 is 41.5 Å². The summed E-state index contributed by atoms with van der Waals surface area (Å²) in [7, 11) is 1.81. The summed E-state index contributed by atoms with van der Waals surface area (Å²) in [5.74, 6) is 1.44. The summed E-state index contributed by atoms with van der Waals surface area (Å²) in [5, 5.41) is 7.33. The monoisotopic (exact) mass is 508 g/mol. The number of aliphatic imine (C=N–C) groups is 1. The molecular formula is C19H34ClIN6. The molecule has 1 unspecified atom stereocenters. The molecule has 2 N–H and O–H groups in total. The second-order valence-corrected chi connectivity index (χ2v) is 7.35. The number of likely N-dealkylation sites (N-methyl/N-ethyl adjacent to an activating group) is 1. The Morgan fingerprint density at radius 1 is 1.22 bits per heavy atom. The van der Waals surface area contributed by atoms with Crippen molar-refractivity contribution < 1.29 is 0 Å². The summed E-state index contributed by atoms with van der Waals surface area (Å²) in [5.41, 5.74) is 1.16. The normalized spacial score (nSPS) is 17.3. The zero-order valence-electron chi connectivity index (χ0n) is 16.7. The molecule has 1 aromatic rings. The minimum Gasteiger partial charge on any atom is -0.356 e. The van der Waals surface area contributed by atoms with E-state index < -0.39 is 0 Å². The Balaban J connectivity index is 0.00000364. The van der Waals surface area contributed by atoms with Crippen LogP contribution in [0.5, 0.6) is 0 Å². The van der Waals surface area contributed by atoms with Crippen LogP contribution in [0.3, 0.4) is 0 Å². The Kier molecular flexibility index (Phi) is 12.2. The smallest absolute Gasteiger partial charge is 0.190 e. The highest BCUT2D eigenvalue weighted by Crippen LogP contribution is 2.06. The Hall–Kier alpha value is -0.640. The van der Waals surface area contributed by atoms with Crippen LogP contribution in [0.25, 0.3) is 0 Å². The number of rotatable bonds is 8. The van der Waals surface area contributed by atoms with E-state index in [1.54, 1.807) is 0 Å². The SMILES string of the molecule is CCN1CCN(CC(C)CNC(=NC)NCCc2ccc(Cl)nc2)CC1.I. The number of pyridine rings is 1. The maximum absolute atomic E-state index is 5.81. The van der Waals surface area contributed by atoms with E-state index in [1.165, 1.54) is 32.7 Å². The molecule has 0 radical (unpaired) electrons. The highest BCUT2D eigenvalue weighted by Gasteiger charge is 2.17. The lowest BCUT2D eigenvalue weighted by atomic mass is 10.1. The second-order valence-electron chi connectivity index (χ2n) is 6.96. The van der Waals surface area contributed by atoms with Gasteiger partial charge in [0, 0.05) is 59.1 Å². The van der Waals surface area contributed by atoms with Gasteiger partial charge in [-0.05, 0) is 30.5 Å². The summed E-state index contributed by atoms with van der Waals surface area (Å²) in [6.45, 7) is 13.3. The zero-order valence-corrected chi connectivity index (χ0v) is 19.8. The molecule has 0 aromatic carbocycles. The lowest BCUT2D eigenvalue weighted by Gasteiger charge is -2.35. The van der Waals surface area contributed by atoms with Gasteiger partial charge in [0.15, 0.2) is 5.96 Å². The fourth-order valence-electron chi connectivity index (χ4n) is 3.16. The molecule has 0 saturated carbocycles. The van der Waals surface area contributed by atoms with E-state index in [4.69, 9.17) is 11.6 Å². The summed E-state index contributed by atoms with van der Waals surface area (Å²) in [6, 6.07) is 3.83. The van der Waals surface area contributed by atoms with Crippen molar-refractivity contribution in [2.75, 3.05) is 59.4 Å². The van der Waals surface area contributed by atoms with Gasteiger partial charge < -0.3 is 20.4 Å². The molecule has 2 rings (SSSR count). The number of guanidine groups is 1. The number of nitrogens with one attached hydrogen (secondary N) is 2. The average molecular weight is 509 g/mol. The lowest BCUT2D eigenvalue weighted by Crippen LogP contribution is -2.48. The van der Waals surface area contributed by atoms with Crippen LogP contribution in [0.4, 0.5) is 0 Å². The third-order valence-corrected chi connectivity index (χ3v) is 5.04. The van der Waals surface area contributed by atoms with Gasteiger partial charge in [-0.25, -0.2) is 4.98 Å². The van der Waals surface area contributed by atoms with Crippen molar-refractivity contribution in [2.45, 2.75) is 20.3 Å². The summed E-state index contributed by atoms with van der Waals surface area (Å²) in [6.07, 6.45) is 2.71. The number of halogens is 2. The van der Waals surface area contributed by atoms with E-state index >= 15 is 0 Å². The molecule has 8 heteroatoms. The Morgan fingerprint density at radius 3 is 2.52 bits per heavy atom. The molecule has 2 heterocycles. The second kappa shape index (κ2) is 13.5. The molecule has 154 valence electrons. The number of nitrogens with zero attached hydrogens (tertiary/aromatic N) is 4. The van der Waals surface area contributed by atoms with Gasteiger partial charge in [0.1, 0.15) is 5.15 Å². The molecule has 0 aliphatic carbocycles. The van der Waals surface area contributed by atoms with Crippen LogP contribution < -0.4 is 10.6 Å². The van der Waals surface area contributed by atoms with Crippen molar-refractivity contribution in [2.24, 2.45) is 10.9 Å². The Bertz CT molecular complexity index is 546. The average Bonchev–Trinajstić information content (AvgIpc) is 2.66. The van der Waals surface area contributed by atoms with Crippen LogP contribution in [0.1, 0.15) is 19.4 Å². The first-order valence-corrected chi connectivity index (χ1v) is 9.98. The van der Waals surface area contributed by atoms with Gasteiger partial charge in [0.25, 0.3) is 0 Å². The Labute approximate surface area is 186 Å². The van der Waals surface area contributed by atoms with Crippen LogP contribution in [-0.4, -0.2) is 80.1 Å². The first kappa shape index (κ1) is 24.4. The van der Waals surface area contributed by atoms with Crippen LogP contribution >= 0.6 is 35.6 Å². The van der Waals surface area contributed by atoms with E-state index in [1.807, 2.05) is 25.4 Å². The maximum Gasteiger partial charge on any atom is 0.190 e. The minimum absolute atomic E-state index is 0. The van der Waals surface area contributed by atoms with Gasteiger partial charge in [-0.3, -0.25) is 4.99 Å². The number of hydrogen-bond donors (Lipinski definition) is 2. The summed E-state index contributed by atoms with van der Waals surface area (Å²) in [4.78, 5) is 13.5. The van der Waals surface area contributed by atoms with E-state index in [2.05, 4.69) is 44.3 Å². The molecular weight excluding hydrogens is 475 g/mol. The van der Waals surface area contributed by atoms with Gasteiger partial charge in [-0.1, -0.05) is 31.5 Å². The van der Waals surface area contributed by atoms with Crippen LogP contribution in [0.2, 0.25) is 5.15 Å². The first-order valence-electron chi connectivity index (χ1n) is 9.60. The molecule has 6 nitrogen and oxygen atoms in total. The molecule has 0 spiro atoms. The third kappa shape index (κ3) is 9.40. The predicted octanol–water partition coefficient (Wildman–Crippen LogP) is 2.33. The quantitative estimate of drug-likeness (QED) is 0.244. The molecule has 1 aliphatic heterocycles. The number of hydrogen-bond acceptors (Lipinski definition) is 4. The first-order chi connectivity index (χ1) is 12.6. The van der Waals surface area contributed by atoms with Gasteiger partial charge in [0.05, 0.1) is 0 Å². The minimum atomic E-state index is 0. The summed E-state index contributed by atoms with van der Waals surface area (Å²) < 4.78 is 0. The van der Waals surface area contributed by atoms with Gasteiger partial charge in [-0.2, -0.15) is 0 Å². The topological polar surface area (TPSA) is 55.8 Å². The number of aromatic nitrogens is 1. The zero-order chi connectivity index (χ0) is 18.8. The van der Waals surface area contributed by atoms with Crippen molar-refractivity contribution in [3.63, 3.8) is 0 Å². The molecule has 1 aliphatic rings. The molecule has 0 bridgehead atoms. The third-order valence-electron chi connectivity index (χ3n) is 4.82. The number of piperazine rings is 1. The standard InChI is InChI=1S/C19H33ClN6.HI/c1-4-25-9-11-26(12-10-25)15-16(2)13-24-19(21-3)22-8-7-17-5-6-18(20)23-14-17;/h5-6,14,16H,4,7-13,15H2,1-3H3,(H2,21,22,24);1H. The van der Waals surface area contributed by atoms with Gasteiger partial charge >= 0.3 is 0 Å². The Morgan fingerprint density at radius 2 is 1.93 bits per heavy atom. The van der Waals surface area contributed by atoms with Crippen LogP contribution in [-0.2, 0) is 6.42 Å². The lowest BCUT2D eigenvalue weighted by molar-refractivity contribution is 0.124. The van der Waals surface area contributed by atoms with Crippen molar-refractivity contribution in [3.05, 3.63) is 29.0 Å². The largest absolute Gasteiger partial charge is 0.356 e. The van der Waals surface area contributed by atoms with E-state index in [-0.39, 0.29) is 24.0 Å². The molecule has 1 fully saturated rings. The molecule has 1 saturated heterocycles. The van der Waals surface area contributed by atoms with E-state index in [9.17, 15) is 0 Å². The maximum atomic E-state index is 5.81. The van der Waals surface area contributed by atoms with Crippen molar-refractivity contribution in [3.8, 4) is 0 Å². The van der Waals surface area contributed by atoms with Gasteiger partial charge in [0.2, 0.25) is 0 Å². The molecule has 0 amide bonds. The van der Waals surface area contributed by atoms with Crippen molar-refractivity contribution in [1.29, 1.82) is 0 Å². The summed E-state index contributed by atoms with van der Waals surface area (Å²) >= 11 is 5.81. The fraction of sp³-hybridized carbons (Fsp3) is 0.684. The van der Waals surface area contributed by atoms with Crippen LogP contribution in [0, 0.1) is 5.92 Å². The van der Waals surface area contributed by atoms with E-state index in [0.29, 0.717) is 11.1 Å². The highest BCUT2D eigenvalue weighted by molar-refractivity contribution is 14.0. The predicted molar refractivity (Wildman–Crippen MR) is 125 cm³/mol. The van der Waals surface area contributed by atoms with E-state index in [0.717, 1.165) is 37.6 Å². The van der Waals surface area contributed by atoms with Crippen LogP contribution in [0.15, 0.2) is 23.3 Å². The van der Waals surface area contributed by atoms with Gasteiger partial charge in [-0.15, -0.1) is 24.0 Å². The fourth-order valence-corrected chi connectivity index (χ4v) is 3.28. The highest BCUT2D eigenvalue weighted by atomic mass is 127. The van der Waals surface area contributed by atoms with Crippen molar-refractivity contribution in [1.82, 2.24) is 25.4 Å². The molecule has 1 atom stereocenters. The molecule has 27 heavy (non-hydrogen) atoms.